The number of nitrogens with one attached hydrogen (secondary N) is 1. The molecule has 3 heteroatoms. The fraction of sp³-hybridized carbons (Fsp3) is 1.00. The van der Waals surface area contributed by atoms with Gasteiger partial charge in [0.1, 0.15) is 0 Å². The van der Waals surface area contributed by atoms with Gasteiger partial charge < -0.3 is 15.0 Å². The van der Waals surface area contributed by atoms with E-state index in [0.29, 0.717) is 12.1 Å². The van der Waals surface area contributed by atoms with E-state index >= 15 is 0 Å². The number of likely N-dealkylation sites (tertiary alicyclic amines) is 1. The minimum absolute atomic E-state index is 0.564. The summed E-state index contributed by atoms with van der Waals surface area (Å²) in [7, 11) is 1.77. The Labute approximate surface area is 107 Å². The van der Waals surface area contributed by atoms with Crippen molar-refractivity contribution in [3.8, 4) is 0 Å². The van der Waals surface area contributed by atoms with E-state index in [2.05, 4.69) is 31.0 Å². The van der Waals surface area contributed by atoms with E-state index in [4.69, 9.17) is 4.74 Å². The normalized spacial score (nSPS) is 22.6. The Balaban J connectivity index is 2.21. The lowest BCUT2D eigenvalue weighted by Gasteiger charge is -2.35. The summed E-state index contributed by atoms with van der Waals surface area (Å²) in [5.74, 6) is 0.850. The van der Waals surface area contributed by atoms with Gasteiger partial charge in [-0.3, -0.25) is 0 Å². The fourth-order valence-electron chi connectivity index (χ4n) is 2.73. The van der Waals surface area contributed by atoms with Crippen LogP contribution in [0.15, 0.2) is 0 Å². The molecule has 2 atom stereocenters. The smallest absolute Gasteiger partial charge is 0.0476 e. The van der Waals surface area contributed by atoms with Crippen LogP contribution >= 0.6 is 0 Å². The molecular formula is C14H30N2O. The van der Waals surface area contributed by atoms with E-state index in [9.17, 15) is 0 Å². The van der Waals surface area contributed by atoms with Gasteiger partial charge >= 0.3 is 0 Å². The van der Waals surface area contributed by atoms with Crippen molar-refractivity contribution in [1.29, 1.82) is 0 Å². The molecule has 1 fully saturated rings. The lowest BCUT2D eigenvalue weighted by molar-refractivity contribution is 0.154. The minimum Gasteiger partial charge on any atom is -0.385 e. The van der Waals surface area contributed by atoms with Gasteiger partial charge in [0.25, 0.3) is 0 Å². The summed E-state index contributed by atoms with van der Waals surface area (Å²) in [6, 6.07) is 1.20. The van der Waals surface area contributed by atoms with Gasteiger partial charge in [-0.1, -0.05) is 6.92 Å². The average Bonchev–Trinajstić information content (AvgIpc) is 2.36. The third-order valence-electron chi connectivity index (χ3n) is 4.09. The molecule has 1 aliphatic heterocycles. The third kappa shape index (κ3) is 5.36. The molecule has 1 N–H and O–H groups in total. The number of piperidine rings is 1. The molecule has 0 spiro atoms. The van der Waals surface area contributed by atoms with E-state index < -0.39 is 0 Å². The van der Waals surface area contributed by atoms with Crippen LogP contribution in [0.2, 0.25) is 0 Å². The van der Waals surface area contributed by atoms with Crippen LogP contribution in [0.5, 0.6) is 0 Å². The molecule has 1 saturated heterocycles. The second-order valence-electron chi connectivity index (χ2n) is 5.41. The van der Waals surface area contributed by atoms with Gasteiger partial charge in [0, 0.05) is 25.8 Å². The van der Waals surface area contributed by atoms with Gasteiger partial charge in [0.15, 0.2) is 0 Å². The number of nitrogens with zero attached hydrogens (tertiary/aromatic N) is 1. The zero-order valence-electron chi connectivity index (χ0n) is 12.0. The van der Waals surface area contributed by atoms with Crippen LogP contribution in [0.1, 0.15) is 40.0 Å². The molecule has 0 radical (unpaired) electrons. The second-order valence-corrected chi connectivity index (χ2v) is 5.41. The Bertz CT molecular complexity index is 191. The molecule has 0 aromatic carbocycles. The molecule has 17 heavy (non-hydrogen) atoms. The van der Waals surface area contributed by atoms with Crippen molar-refractivity contribution < 1.29 is 4.74 Å². The quantitative estimate of drug-likeness (QED) is 0.740. The minimum atomic E-state index is 0.564. The first-order chi connectivity index (χ1) is 8.17. The summed E-state index contributed by atoms with van der Waals surface area (Å²) < 4.78 is 5.12. The predicted molar refractivity (Wildman–Crippen MR) is 73.4 cm³/mol. The first-order valence-electron chi connectivity index (χ1n) is 7.14. The highest BCUT2D eigenvalue weighted by atomic mass is 16.5. The Morgan fingerprint density at radius 3 is 2.47 bits per heavy atom. The molecule has 0 aliphatic carbocycles. The Morgan fingerprint density at radius 1 is 1.29 bits per heavy atom. The van der Waals surface area contributed by atoms with Gasteiger partial charge in [-0.25, -0.2) is 0 Å². The van der Waals surface area contributed by atoms with Crippen LogP contribution in [0.3, 0.4) is 0 Å². The molecule has 3 nitrogen and oxygen atoms in total. The molecule has 1 heterocycles. The van der Waals surface area contributed by atoms with Crippen LogP contribution < -0.4 is 5.32 Å². The van der Waals surface area contributed by atoms with Crippen molar-refractivity contribution in [2.24, 2.45) is 5.92 Å². The van der Waals surface area contributed by atoms with Crippen molar-refractivity contribution in [2.75, 3.05) is 33.4 Å². The van der Waals surface area contributed by atoms with E-state index in [-0.39, 0.29) is 0 Å². The van der Waals surface area contributed by atoms with Crippen LogP contribution in [0.4, 0.5) is 0 Å². The largest absolute Gasteiger partial charge is 0.385 e. The molecule has 0 saturated carbocycles. The summed E-state index contributed by atoms with van der Waals surface area (Å²) in [4.78, 5) is 2.55. The molecule has 0 amide bonds. The van der Waals surface area contributed by atoms with Crippen LogP contribution in [0, 0.1) is 5.92 Å². The Kier molecular flexibility index (Phi) is 7.09. The zero-order valence-corrected chi connectivity index (χ0v) is 12.0. The van der Waals surface area contributed by atoms with Crippen molar-refractivity contribution >= 4 is 0 Å². The highest BCUT2D eigenvalue weighted by molar-refractivity contribution is 4.80. The molecule has 102 valence electrons. The van der Waals surface area contributed by atoms with Crippen LogP contribution in [-0.2, 0) is 4.74 Å². The molecule has 2 unspecified atom stereocenters. The maximum atomic E-state index is 5.12. The highest BCUT2D eigenvalue weighted by Gasteiger charge is 2.23. The monoisotopic (exact) mass is 242 g/mol. The van der Waals surface area contributed by atoms with Crippen molar-refractivity contribution in [1.82, 2.24) is 10.2 Å². The maximum absolute atomic E-state index is 5.12. The first-order valence-corrected chi connectivity index (χ1v) is 7.14. The number of hydrogen-bond acceptors (Lipinski definition) is 3. The van der Waals surface area contributed by atoms with Gasteiger partial charge in [0.2, 0.25) is 0 Å². The SMILES string of the molecule is CCN1CCC(C(C)NC(C)CCOC)CC1. The molecule has 0 aromatic rings. The van der Waals surface area contributed by atoms with Crippen molar-refractivity contribution in [2.45, 2.75) is 52.1 Å². The highest BCUT2D eigenvalue weighted by Crippen LogP contribution is 2.20. The van der Waals surface area contributed by atoms with Gasteiger partial charge in [-0.05, 0) is 58.7 Å². The topological polar surface area (TPSA) is 24.5 Å². The summed E-state index contributed by atoms with van der Waals surface area (Å²) in [6.07, 6.45) is 3.80. The molecule has 1 aliphatic rings. The van der Waals surface area contributed by atoms with Crippen molar-refractivity contribution in [3.05, 3.63) is 0 Å². The van der Waals surface area contributed by atoms with E-state index in [0.717, 1.165) is 18.9 Å². The number of methoxy groups -OCH3 is 1. The summed E-state index contributed by atoms with van der Waals surface area (Å²) in [6.45, 7) is 11.5. The molecular weight excluding hydrogens is 212 g/mol. The van der Waals surface area contributed by atoms with E-state index in [1.165, 1.54) is 32.5 Å². The van der Waals surface area contributed by atoms with Gasteiger partial charge in [0.05, 0.1) is 0 Å². The molecule has 1 rings (SSSR count). The van der Waals surface area contributed by atoms with E-state index in [1.807, 2.05) is 0 Å². The lowest BCUT2D eigenvalue weighted by Crippen LogP contribution is -2.44. The maximum Gasteiger partial charge on any atom is 0.0476 e. The number of hydrogen-bond donors (Lipinski definition) is 1. The Hall–Kier alpha value is -0.120. The Morgan fingerprint density at radius 2 is 1.94 bits per heavy atom. The molecule has 0 aromatic heterocycles. The second kappa shape index (κ2) is 8.06. The average molecular weight is 242 g/mol. The van der Waals surface area contributed by atoms with Crippen LogP contribution in [-0.4, -0.2) is 50.3 Å². The molecule has 0 bridgehead atoms. The van der Waals surface area contributed by atoms with Gasteiger partial charge in [-0.15, -0.1) is 0 Å². The summed E-state index contributed by atoms with van der Waals surface area (Å²) in [5.41, 5.74) is 0. The summed E-state index contributed by atoms with van der Waals surface area (Å²) in [5, 5.41) is 3.72. The third-order valence-corrected chi connectivity index (χ3v) is 4.09. The van der Waals surface area contributed by atoms with Crippen molar-refractivity contribution in [3.63, 3.8) is 0 Å². The predicted octanol–water partition coefficient (Wildman–Crippen LogP) is 2.12. The standard InChI is InChI=1S/C14H30N2O/c1-5-16-9-6-14(7-10-16)13(3)15-12(2)8-11-17-4/h12-15H,5-11H2,1-4H3. The first kappa shape index (κ1) is 14.9. The fourth-order valence-corrected chi connectivity index (χ4v) is 2.73. The lowest BCUT2D eigenvalue weighted by atomic mass is 9.90. The number of rotatable bonds is 7. The van der Waals surface area contributed by atoms with E-state index in [1.54, 1.807) is 7.11 Å². The summed E-state index contributed by atoms with van der Waals surface area (Å²) >= 11 is 0. The van der Waals surface area contributed by atoms with Gasteiger partial charge in [-0.2, -0.15) is 0 Å². The van der Waals surface area contributed by atoms with Crippen LogP contribution in [0.25, 0.3) is 0 Å². The number of ether oxygens (including phenoxy) is 1. The zero-order chi connectivity index (χ0) is 12.7.